The maximum absolute atomic E-state index is 13.0. The maximum atomic E-state index is 13.0. The topological polar surface area (TPSA) is 12.5 Å². The third-order valence-corrected chi connectivity index (χ3v) is 3.62. The van der Waals surface area contributed by atoms with E-state index in [9.17, 15) is 8.78 Å². The predicted molar refractivity (Wildman–Crippen MR) is 60.8 cm³/mol. The molecule has 0 aromatic heterocycles. The fourth-order valence-electron chi connectivity index (χ4n) is 2.57. The van der Waals surface area contributed by atoms with Crippen molar-refractivity contribution in [3.05, 3.63) is 0 Å². The van der Waals surface area contributed by atoms with Gasteiger partial charge in [0.1, 0.15) is 0 Å². The van der Waals surface area contributed by atoms with Gasteiger partial charge in [-0.15, -0.1) is 0 Å². The Hall–Kier alpha value is -0.220. The van der Waals surface area contributed by atoms with Gasteiger partial charge in [0, 0.05) is 24.5 Å². The molecule has 1 aliphatic heterocycles. The summed E-state index contributed by atoms with van der Waals surface area (Å²) in [7, 11) is 0. The van der Waals surface area contributed by atoms with Crippen LogP contribution in [0, 0.1) is 11.3 Å². The van der Waals surface area contributed by atoms with Crippen LogP contribution in [-0.2, 0) is 4.74 Å². The van der Waals surface area contributed by atoms with Gasteiger partial charge >= 0.3 is 0 Å². The molecular weight excluding hydrogens is 212 g/mol. The highest BCUT2D eigenvalue weighted by Gasteiger charge is 2.44. The molecule has 0 aromatic carbocycles. The normalized spacial score (nSPS) is 32.2. The Morgan fingerprint density at radius 2 is 2.12 bits per heavy atom. The SMILES string of the molecule is CCOC[C@]1(C)CN(CC)CC[C@@H]1C(F)F. The first-order chi connectivity index (χ1) is 7.53. The van der Waals surface area contributed by atoms with Gasteiger partial charge < -0.3 is 9.64 Å². The van der Waals surface area contributed by atoms with Crippen LogP contribution in [0.5, 0.6) is 0 Å². The highest BCUT2D eigenvalue weighted by atomic mass is 19.3. The van der Waals surface area contributed by atoms with Crippen LogP contribution in [0.1, 0.15) is 27.2 Å². The minimum Gasteiger partial charge on any atom is -0.381 e. The van der Waals surface area contributed by atoms with Crippen LogP contribution in [-0.4, -0.2) is 44.2 Å². The molecule has 0 radical (unpaired) electrons. The number of nitrogens with zero attached hydrogens (tertiary/aromatic N) is 1. The zero-order chi connectivity index (χ0) is 12.2. The molecule has 0 unspecified atom stereocenters. The van der Waals surface area contributed by atoms with Crippen molar-refractivity contribution < 1.29 is 13.5 Å². The monoisotopic (exact) mass is 235 g/mol. The lowest BCUT2D eigenvalue weighted by Crippen LogP contribution is -2.51. The number of hydrogen-bond donors (Lipinski definition) is 0. The molecule has 0 amide bonds. The number of ether oxygens (including phenoxy) is 1. The summed E-state index contributed by atoms with van der Waals surface area (Å²) in [6.45, 7) is 9.38. The van der Waals surface area contributed by atoms with Crippen molar-refractivity contribution in [3.63, 3.8) is 0 Å². The Bertz CT molecular complexity index is 213. The van der Waals surface area contributed by atoms with Crippen molar-refractivity contribution in [2.24, 2.45) is 11.3 Å². The highest BCUT2D eigenvalue weighted by Crippen LogP contribution is 2.39. The maximum Gasteiger partial charge on any atom is 0.242 e. The van der Waals surface area contributed by atoms with Crippen molar-refractivity contribution >= 4 is 0 Å². The first-order valence-corrected chi connectivity index (χ1v) is 6.11. The van der Waals surface area contributed by atoms with Crippen LogP contribution in [0.25, 0.3) is 0 Å². The van der Waals surface area contributed by atoms with Crippen LogP contribution < -0.4 is 0 Å². The van der Waals surface area contributed by atoms with Crippen LogP contribution in [0.2, 0.25) is 0 Å². The quantitative estimate of drug-likeness (QED) is 0.726. The number of likely N-dealkylation sites (tertiary alicyclic amines) is 1. The summed E-state index contributed by atoms with van der Waals surface area (Å²) in [5, 5.41) is 0. The Morgan fingerprint density at radius 3 is 2.62 bits per heavy atom. The molecule has 1 saturated heterocycles. The van der Waals surface area contributed by atoms with Gasteiger partial charge in [0.05, 0.1) is 6.61 Å². The summed E-state index contributed by atoms with van der Waals surface area (Å²) < 4.78 is 31.4. The molecule has 96 valence electrons. The molecular formula is C12H23F2NO. The standard InChI is InChI=1S/C12H23F2NO/c1-4-15-7-6-10(11(13)14)12(3,8-15)9-16-5-2/h10-11H,4-9H2,1-3H3/t10-,12+/m1/s1. The highest BCUT2D eigenvalue weighted by molar-refractivity contribution is 4.91. The van der Waals surface area contributed by atoms with E-state index in [0.29, 0.717) is 19.6 Å². The lowest BCUT2D eigenvalue weighted by Gasteiger charge is -2.45. The lowest BCUT2D eigenvalue weighted by molar-refractivity contribution is -0.0892. The van der Waals surface area contributed by atoms with Gasteiger partial charge in [-0.1, -0.05) is 13.8 Å². The summed E-state index contributed by atoms with van der Waals surface area (Å²) in [4.78, 5) is 2.23. The molecule has 0 N–H and O–H groups in total. The second-order valence-electron chi connectivity index (χ2n) is 4.89. The summed E-state index contributed by atoms with van der Waals surface area (Å²) in [6, 6.07) is 0. The van der Waals surface area contributed by atoms with E-state index < -0.39 is 17.8 Å². The molecule has 16 heavy (non-hydrogen) atoms. The van der Waals surface area contributed by atoms with E-state index in [1.54, 1.807) is 0 Å². The molecule has 1 fully saturated rings. The van der Waals surface area contributed by atoms with E-state index >= 15 is 0 Å². The minimum atomic E-state index is -2.23. The number of alkyl halides is 2. The third-order valence-electron chi connectivity index (χ3n) is 3.62. The Morgan fingerprint density at radius 1 is 1.44 bits per heavy atom. The van der Waals surface area contributed by atoms with Crippen molar-refractivity contribution in [2.45, 2.75) is 33.6 Å². The molecule has 1 rings (SSSR count). The fraction of sp³-hybridized carbons (Fsp3) is 1.00. The molecule has 2 nitrogen and oxygen atoms in total. The minimum absolute atomic E-state index is 0.404. The van der Waals surface area contributed by atoms with Gasteiger partial charge in [-0.3, -0.25) is 0 Å². The van der Waals surface area contributed by atoms with Crippen LogP contribution in [0.4, 0.5) is 8.78 Å². The van der Waals surface area contributed by atoms with Crippen molar-refractivity contribution in [1.82, 2.24) is 4.90 Å². The van der Waals surface area contributed by atoms with Crippen molar-refractivity contribution in [2.75, 3.05) is 32.8 Å². The molecule has 0 spiro atoms. The number of piperidine rings is 1. The average Bonchev–Trinajstić information content (AvgIpc) is 2.25. The van der Waals surface area contributed by atoms with E-state index in [2.05, 4.69) is 11.8 Å². The molecule has 0 aliphatic carbocycles. The average molecular weight is 235 g/mol. The molecule has 0 bridgehead atoms. The van der Waals surface area contributed by atoms with Gasteiger partial charge in [-0.25, -0.2) is 8.78 Å². The van der Waals surface area contributed by atoms with Gasteiger partial charge in [-0.2, -0.15) is 0 Å². The molecule has 2 atom stereocenters. The fourth-order valence-corrected chi connectivity index (χ4v) is 2.57. The van der Waals surface area contributed by atoms with Gasteiger partial charge in [0.2, 0.25) is 6.43 Å². The molecule has 4 heteroatoms. The van der Waals surface area contributed by atoms with Gasteiger partial charge in [0.15, 0.2) is 0 Å². The number of rotatable bonds is 5. The van der Waals surface area contributed by atoms with Crippen molar-refractivity contribution in [1.29, 1.82) is 0 Å². The summed E-state index contributed by atoms with van der Waals surface area (Å²) in [5.74, 6) is -0.526. The number of halogens is 2. The van der Waals surface area contributed by atoms with Gasteiger partial charge in [-0.05, 0) is 26.4 Å². The molecule has 0 saturated carbocycles. The molecule has 1 aliphatic rings. The van der Waals surface area contributed by atoms with E-state index in [1.807, 2.05) is 13.8 Å². The zero-order valence-electron chi connectivity index (χ0n) is 10.5. The first-order valence-electron chi connectivity index (χ1n) is 6.11. The lowest BCUT2D eigenvalue weighted by atomic mass is 9.73. The molecule has 0 aromatic rings. The smallest absolute Gasteiger partial charge is 0.242 e. The zero-order valence-corrected chi connectivity index (χ0v) is 10.5. The summed E-state index contributed by atoms with van der Waals surface area (Å²) in [5.41, 5.74) is -0.404. The second kappa shape index (κ2) is 5.92. The predicted octanol–water partition coefficient (Wildman–Crippen LogP) is 2.64. The third kappa shape index (κ3) is 3.14. The summed E-state index contributed by atoms with van der Waals surface area (Å²) >= 11 is 0. The first kappa shape index (κ1) is 13.8. The van der Waals surface area contributed by atoms with Gasteiger partial charge in [0.25, 0.3) is 0 Å². The van der Waals surface area contributed by atoms with Crippen LogP contribution in [0.15, 0.2) is 0 Å². The Balaban J connectivity index is 2.69. The largest absolute Gasteiger partial charge is 0.381 e. The van der Waals surface area contributed by atoms with E-state index in [1.165, 1.54) is 0 Å². The van der Waals surface area contributed by atoms with E-state index in [-0.39, 0.29) is 0 Å². The molecule has 1 heterocycles. The second-order valence-corrected chi connectivity index (χ2v) is 4.89. The Labute approximate surface area is 97.0 Å². The Kier molecular flexibility index (Phi) is 5.12. The summed E-state index contributed by atoms with van der Waals surface area (Å²) in [6.07, 6.45) is -1.65. The van der Waals surface area contributed by atoms with E-state index in [4.69, 9.17) is 4.74 Å². The van der Waals surface area contributed by atoms with Crippen molar-refractivity contribution in [3.8, 4) is 0 Å². The van der Waals surface area contributed by atoms with E-state index in [0.717, 1.165) is 19.6 Å². The van der Waals surface area contributed by atoms with Crippen LogP contribution in [0.3, 0.4) is 0 Å². The number of hydrogen-bond acceptors (Lipinski definition) is 2. The van der Waals surface area contributed by atoms with Crippen LogP contribution >= 0.6 is 0 Å².